The van der Waals surface area contributed by atoms with Gasteiger partial charge in [-0.05, 0) is 25.2 Å². The molecule has 1 saturated carbocycles. The fraction of sp³-hybridized carbons (Fsp3) is 0.455. The van der Waals surface area contributed by atoms with E-state index in [2.05, 4.69) is 35.3 Å². The Morgan fingerprint density at radius 2 is 2.50 bits per heavy atom. The molecule has 14 heavy (non-hydrogen) atoms. The van der Waals surface area contributed by atoms with Crippen LogP contribution in [0.25, 0.3) is 0 Å². The van der Waals surface area contributed by atoms with Gasteiger partial charge in [0.2, 0.25) is 0 Å². The highest BCUT2D eigenvalue weighted by molar-refractivity contribution is 5.46. The summed E-state index contributed by atoms with van der Waals surface area (Å²) < 4.78 is 0. The molecule has 0 radical (unpaired) electrons. The van der Waals surface area contributed by atoms with E-state index in [0.29, 0.717) is 17.5 Å². The number of H-pyrrole nitrogens is 1. The fourth-order valence-corrected chi connectivity index (χ4v) is 2.74. The van der Waals surface area contributed by atoms with Gasteiger partial charge in [0.1, 0.15) is 6.07 Å². The first-order chi connectivity index (χ1) is 6.86. The smallest absolute Gasteiger partial charge is 0.165 e. The minimum Gasteiger partial charge on any atom is -0.281 e. The molecule has 1 heterocycles. The van der Waals surface area contributed by atoms with E-state index in [4.69, 9.17) is 5.26 Å². The Bertz CT molecular complexity index is 450. The molecule has 3 rings (SSSR count). The van der Waals surface area contributed by atoms with Crippen LogP contribution in [0.5, 0.6) is 0 Å². The third kappa shape index (κ3) is 0.784. The monoisotopic (exact) mass is 185 g/mol. The van der Waals surface area contributed by atoms with Gasteiger partial charge in [-0.2, -0.15) is 10.4 Å². The lowest BCUT2D eigenvalue weighted by molar-refractivity contribution is 0.795. The summed E-state index contributed by atoms with van der Waals surface area (Å²) in [7, 11) is 0. The summed E-state index contributed by atoms with van der Waals surface area (Å²) in [5.74, 6) is 2.05. The predicted octanol–water partition coefficient (Wildman–Crippen LogP) is 1.74. The molecule has 1 aromatic rings. The second-order valence-electron chi connectivity index (χ2n) is 4.07. The first kappa shape index (κ1) is 7.81. The van der Waals surface area contributed by atoms with Crippen LogP contribution in [0.15, 0.2) is 12.2 Å². The summed E-state index contributed by atoms with van der Waals surface area (Å²) in [6.45, 7) is 2.06. The van der Waals surface area contributed by atoms with Crippen LogP contribution in [0.4, 0.5) is 0 Å². The highest BCUT2D eigenvalue weighted by Gasteiger charge is 2.56. The number of allylic oxidation sites excluding steroid dienone is 2. The summed E-state index contributed by atoms with van der Waals surface area (Å²) in [4.78, 5) is 0. The predicted molar refractivity (Wildman–Crippen MR) is 51.5 cm³/mol. The van der Waals surface area contributed by atoms with Crippen molar-refractivity contribution in [3.8, 4) is 6.07 Å². The van der Waals surface area contributed by atoms with Crippen LogP contribution < -0.4 is 0 Å². The molecule has 3 nitrogen and oxygen atoms in total. The third-order valence-corrected chi connectivity index (χ3v) is 3.42. The van der Waals surface area contributed by atoms with Gasteiger partial charge in [0.15, 0.2) is 5.69 Å². The molecule has 0 unspecified atom stereocenters. The molecule has 1 fully saturated rings. The first-order valence-corrected chi connectivity index (χ1v) is 4.97. The zero-order chi connectivity index (χ0) is 9.71. The second-order valence-corrected chi connectivity index (χ2v) is 4.07. The molecular formula is C11H11N3. The van der Waals surface area contributed by atoms with E-state index in [1.165, 1.54) is 11.3 Å². The number of nitrogens with zero attached hydrogens (tertiary/aromatic N) is 2. The fourth-order valence-electron chi connectivity index (χ4n) is 2.74. The number of hydrogen-bond acceptors (Lipinski definition) is 2. The Balaban J connectivity index is 1.96. The van der Waals surface area contributed by atoms with Crippen LogP contribution in [-0.4, -0.2) is 10.2 Å². The van der Waals surface area contributed by atoms with Gasteiger partial charge < -0.3 is 0 Å². The number of aromatic amines is 1. The molecule has 2 aliphatic rings. The quantitative estimate of drug-likeness (QED) is 0.677. The van der Waals surface area contributed by atoms with E-state index < -0.39 is 0 Å². The molecule has 1 aromatic heterocycles. The summed E-state index contributed by atoms with van der Waals surface area (Å²) in [5, 5.41) is 15.8. The zero-order valence-corrected chi connectivity index (χ0v) is 7.99. The summed E-state index contributed by atoms with van der Waals surface area (Å²) in [6, 6.07) is 2.13. The van der Waals surface area contributed by atoms with Crippen LogP contribution in [0.2, 0.25) is 0 Å². The molecule has 3 heteroatoms. The van der Waals surface area contributed by atoms with Crippen LogP contribution in [0.1, 0.15) is 29.8 Å². The molecule has 0 bridgehead atoms. The lowest BCUT2D eigenvalue weighted by atomic mass is 10.1. The SMILES string of the molecule is C/C=C/[C@@H]1[C@@H]2Cc3c(C#N)n[nH]c3[C@H]12. The molecule has 0 aromatic carbocycles. The van der Waals surface area contributed by atoms with E-state index in [1.807, 2.05) is 0 Å². The largest absolute Gasteiger partial charge is 0.281 e. The summed E-state index contributed by atoms with van der Waals surface area (Å²) in [6.07, 6.45) is 5.42. The van der Waals surface area contributed by atoms with Crippen molar-refractivity contribution in [3.05, 3.63) is 29.1 Å². The van der Waals surface area contributed by atoms with Crippen LogP contribution >= 0.6 is 0 Å². The highest BCUT2D eigenvalue weighted by atomic mass is 15.1. The van der Waals surface area contributed by atoms with Crippen LogP contribution in [0, 0.1) is 23.2 Å². The number of aromatic nitrogens is 2. The minimum atomic E-state index is 0.603. The molecule has 0 spiro atoms. The van der Waals surface area contributed by atoms with Gasteiger partial charge >= 0.3 is 0 Å². The lowest BCUT2D eigenvalue weighted by Gasteiger charge is -1.96. The molecule has 0 aliphatic heterocycles. The van der Waals surface area contributed by atoms with Gasteiger partial charge in [-0.3, -0.25) is 5.10 Å². The molecule has 1 N–H and O–H groups in total. The van der Waals surface area contributed by atoms with Crippen molar-refractivity contribution in [2.45, 2.75) is 19.3 Å². The van der Waals surface area contributed by atoms with E-state index in [1.54, 1.807) is 0 Å². The molecular weight excluding hydrogens is 174 g/mol. The maximum Gasteiger partial charge on any atom is 0.165 e. The van der Waals surface area contributed by atoms with Gasteiger partial charge in [0.05, 0.1) is 0 Å². The van der Waals surface area contributed by atoms with Gasteiger partial charge in [-0.25, -0.2) is 0 Å². The molecule has 0 amide bonds. The topological polar surface area (TPSA) is 52.5 Å². The maximum atomic E-state index is 8.81. The maximum absolute atomic E-state index is 8.81. The molecule has 2 aliphatic carbocycles. The van der Waals surface area contributed by atoms with Crippen molar-refractivity contribution in [2.75, 3.05) is 0 Å². The van der Waals surface area contributed by atoms with Crippen molar-refractivity contribution in [3.63, 3.8) is 0 Å². The van der Waals surface area contributed by atoms with Crippen molar-refractivity contribution in [1.29, 1.82) is 5.26 Å². The van der Waals surface area contributed by atoms with Crippen molar-refractivity contribution >= 4 is 0 Å². The summed E-state index contributed by atoms with van der Waals surface area (Å²) in [5.41, 5.74) is 2.99. The average molecular weight is 185 g/mol. The average Bonchev–Trinajstić information content (AvgIpc) is 2.61. The summed E-state index contributed by atoms with van der Waals surface area (Å²) >= 11 is 0. The Morgan fingerprint density at radius 3 is 3.21 bits per heavy atom. The Labute approximate surface area is 82.4 Å². The van der Waals surface area contributed by atoms with Crippen molar-refractivity contribution < 1.29 is 0 Å². The van der Waals surface area contributed by atoms with Crippen molar-refractivity contribution in [1.82, 2.24) is 10.2 Å². The van der Waals surface area contributed by atoms with Crippen molar-refractivity contribution in [2.24, 2.45) is 11.8 Å². The van der Waals surface area contributed by atoms with E-state index in [9.17, 15) is 0 Å². The highest BCUT2D eigenvalue weighted by Crippen LogP contribution is 2.61. The minimum absolute atomic E-state index is 0.603. The zero-order valence-electron chi connectivity index (χ0n) is 7.99. The Morgan fingerprint density at radius 1 is 1.64 bits per heavy atom. The molecule has 3 atom stereocenters. The number of nitriles is 1. The first-order valence-electron chi connectivity index (χ1n) is 4.97. The number of hydrogen-bond donors (Lipinski definition) is 1. The normalized spacial score (nSPS) is 32.7. The van der Waals surface area contributed by atoms with Gasteiger partial charge in [0, 0.05) is 17.2 Å². The van der Waals surface area contributed by atoms with Gasteiger partial charge in [0.25, 0.3) is 0 Å². The van der Waals surface area contributed by atoms with Crippen LogP contribution in [0.3, 0.4) is 0 Å². The lowest BCUT2D eigenvalue weighted by Crippen LogP contribution is -1.91. The number of fused-ring (bicyclic) bond motifs is 3. The second kappa shape index (κ2) is 2.48. The number of nitrogens with one attached hydrogen (secondary N) is 1. The van der Waals surface area contributed by atoms with Crippen LogP contribution in [-0.2, 0) is 6.42 Å². The van der Waals surface area contributed by atoms with E-state index in [0.717, 1.165) is 12.3 Å². The molecule has 70 valence electrons. The molecule has 0 saturated heterocycles. The standard InChI is InChI=1S/C11H11N3/c1-2-3-6-7-4-8-9(5-12)13-14-11(8)10(6)7/h2-3,6-7,10H,4H2,1H3,(H,13,14)/b3-2+/t6-,7+,10-/m1/s1. The van der Waals surface area contributed by atoms with Gasteiger partial charge in [-0.15, -0.1) is 0 Å². The Kier molecular flexibility index (Phi) is 1.38. The van der Waals surface area contributed by atoms with E-state index in [-0.39, 0.29) is 0 Å². The number of rotatable bonds is 1. The third-order valence-electron chi connectivity index (χ3n) is 3.42. The Hall–Kier alpha value is -1.56. The van der Waals surface area contributed by atoms with E-state index >= 15 is 0 Å². The van der Waals surface area contributed by atoms with Gasteiger partial charge in [-0.1, -0.05) is 12.2 Å².